The fourth-order valence-electron chi connectivity index (χ4n) is 3.22. The summed E-state index contributed by atoms with van der Waals surface area (Å²) in [4.78, 5) is 28.4. The van der Waals surface area contributed by atoms with Gasteiger partial charge in [-0.2, -0.15) is 0 Å². The first kappa shape index (κ1) is 23.0. The van der Waals surface area contributed by atoms with Crippen molar-refractivity contribution in [3.63, 3.8) is 0 Å². The highest BCUT2D eigenvalue weighted by molar-refractivity contribution is 7.73. The van der Waals surface area contributed by atoms with E-state index in [1.165, 1.54) is 35.2 Å². The molecule has 0 saturated carbocycles. The highest BCUT2D eigenvalue weighted by Gasteiger charge is 2.13. The first-order chi connectivity index (χ1) is 15.9. The van der Waals surface area contributed by atoms with Gasteiger partial charge < -0.3 is 15.2 Å². The predicted octanol–water partition coefficient (Wildman–Crippen LogP) is 5.65. The van der Waals surface area contributed by atoms with Crippen LogP contribution in [0, 0.1) is 10.9 Å². The van der Waals surface area contributed by atoms with Gasteiger partial charge in [0, 0.05) is 29.8 Å². The summed E-state index contributed by atoms with van der Waals surface area (Å²) < 4.78 is 2.50. The van der Waals surface area contributed by atoms with E-state index < -0.39 is 0 Å². The Labute approximate surface area is 205 Å². The maximum absolute atomic E-state index is 12.7. The minimum atomic E-state index is -0.176. The van der Waals surface area contributed by atoms with E-state index in [0.29, 0.717) is 15.6 Å². The van der Waals surface area contributed by atoms with Gasteiger partial charge >= 0.3 is 0 Å². The van der Waals surface area contributed by atoms with Crippen LogP contribution in [0.5, 0.6) is 0 Å². The molecule has 0 atom stereocenters. The Morgan fingerprint density at radius 2 is 1.70 bits per heavy atom. The van der Waals surface area contributed by atoms with Gasteiger partial charge in [0.25, 0.3) is 0 Å². The number of hydrogen-bond donors (Lipinski definition) is 2. The molecule has 0 bridgehead atoms. The van der Waals surface area contributed by atoms with Crippen LogP contribution in [0.1, 0.15) is 18.1 Å². The third kappa shape index (κ3) is 5.81. The number of benzene rings is 2. The molecule has 0 radical (unpaired) electrons. The number of aromatic nitrogens is 2. The molecule has 0 spiro atoms. The summed E-state index contributed by atoms with van der Waals surface area (Å²) in [6, 6.07) is 16.0. The lowest BCUT2D eigenvalue weighted by atomic mass is 10.1. The van der Waals surface area contributed by atoms with Crippen LogP contribution in [0.15, 0.2) is 59.3 Å². The van der Waals surface area contributed by atoms with Crippen LogP contribution in [-0.4, -0.2) is 21.4 Å². The zero-order valence-corrected chi connectivity index (χ0v) is 20.6. The van der Waals surface area contributed by atoms with Crippen LogP contribution < -0.4 is 10.6 Å². The smallest absolute Gasteiger partial charge is 0.246 e. The standard InChI is InChI=1S/C24H22N4O2S3/c1-15-3-7-19(8-4-15)21-14-33-24(31)28(21)12-22(30)27-23-26-20(13-32-23)18-9-5-17(6-10-18)11-25-16(2)29/h3-10,13-14H,11-12H2,1-2H3,(H,25,29)(H,26,27,30). The second-order valence-corrected chi connectivity index (χ2v) is 9.89. The molecule has 2 N–H and O–H groups in total. The molecule has 4 aromatic rings. The molecule has 4 rings (SSSR count). The molecule has 6 nitrogen and oxygen atoms in total. The molecule has 2 heterocycles. The van der Waals surface area contributed by atoms with E-state index in [4.69, 9.17) is 12.2 Å². The number of aryl methyl sites for hydroxylation is 1. The maximum atomic E-state index is 12.7. The highest BCUT2D eigenvalue weighted by atomic mass is 32.1. The van der Waals surface area contributed by atoms with Crippen molar-refractivity contribution in [2.75, 3.05) is 5.32 Å². The molecular formula is C24H22N4O2S3. The van der Waals surface area contributed by atoms with Crippen molar-refractivity contribution in [1.29, 1.82) is 0 Å². The Morgan fingerprint density at radius 3 is 2.39 bits per heavy atom. The normalized spacial score (nSPS) is 10.7. The second-order valence-electron chi connectivity index (χ2n) is 7.53. The molecule has 2 aromatic heterocycles. The van der Waals surface area contributed by atoms with E-state index >= 15 is 0 Å². The highest BCUT2D eigenvalue weighted by Crippen LogP contribution is 2.27. The number of thiazole rings is 2. The first-order valence-corrected chi connectivity index (χ1v) is 12.4. The fourth-order valence-corrected chi connectivity index (χ4v) is 5.02. The number of rotatable bonds is 7. The molecule has 2 amide bonds. The van der Waals surface area contributed by atoms with Gasteiger partial charge in [-0.05, 0) is 30.3 Å². The Morgan fingerprint density at radius 1 is 1.00 bits per heavy atom. The topological polar surface area (TPSA) is 76.0 Å². The molecule has 0 aliphatic rings. The zero-order valence-electron chi connectivity index (χ0n) is 18.1. The van der Waals surface area contributed by atoms with Crippen LogP contribution in [0.25, 0.3) is 22.5 Å². The summed E-state index contributed by atoms with van der Waals surface area (Å²) in [5.41, 5.74) is 5.88. The van der Waals surface area contributed by atoms with Crippen LogP contribution >= 0.6 is 34.9 Å². The van der Waals surface area contributed by atoms with Crippen LogP contribution in [0.3, 0.4) is 0 Å². The van der Waals surface area contributed by atoms with Gasteiger partial charge in [-0.25, -0.2) is 4.98 Å². The number of carbonyl (C=O) groups excluding carboxylic acids is 2. The number of anilines is 1. The average Bonchev–Trinajstić information content (AvgIpc) is 3.40. The molecule has 33 heavy (non-hydrogen) atoms. The summed E-state index contributed by atoms with van der Waals surface area (Å²) in [6.45, 7) is 4.15. The average molecular weight is 495 g/mol. The van der Waals surface area contributed by atoms with Gasteiger partial charge in [0.05, 0.1) is 11.4 Å². The Hall–Kier alpha value is -3.14. The van der Waals surface area contributed by atoms with Gasteiger partial charge in [-0.1, -0.05) is 54.1 Å². The quantitative estimate of drug-likeness (QED) is 0.326. The van der Waals surface area contributed by atoms with E-state index in [0.717, 1.165) is 28.1 Å². The summed E-state index contributed by atoms with van der Waals surface area (Å²) in [5.74, 6) is -0.238. The molecule has 9 heteroatoms. The van der Waals surface area contributed by atoms with Crippen molar-refractivity contribution < 1.29 is 9.59 Å². The molecule has 0 unspecified atom stereocenters. The molecule has 0 aliphatic heterocycles. The van der Waals surface area contributed by atoms with Gasteiger partial charge in [0.15, 0.2) is 9.09 Å². The van der Waals surface area contributed by atoms with Gasteiger partial charge in [0.2, 0.25) is 11.8 Å². The van der Waals surface area contributed by atoms with Gasteiger partial charge in [-0.15, -0.1) is 22.7 Å². The maximum Gasteiger partial charge on any atom is 0.246 e. The van der Waals surface area contributed by atoms with Crippen LogP contribution in [0.2, 0.25) is 0 Å². The minimum absolute atomic E-state index is 0.0614. The van der Waals surface area contributed by atoms with Crippen molar-refractivity contribution in [3.05, 3.63) is 74.4 Å². The minimum Gasteiger partial charge on any atom is -0.352 e. The molecule has 0 saturated heterocycles. The lowest BCUT2D eigenvalue weighted by Gasteiger charge is -2.09. The van der Waals surface area contributed by atoms with Crippen LogP contribution in [0.4, 0.5) is 5.13 Å². The van der Waals surface area contributed by atoms with E-state index in [9.17, 15) is 9.59 Å². The largest absolute Gasteiger partial charge is 0.352 e. The first-order valence-electron chi connectivity index (χ1n) is 10.2. The van der Waals surface area contributed by atoms with Gasteiger partial charge in [0.1, 0.15) is 6.54 Å². The number of hydrogen-bond acceptors (Lipinski definition) is 6. The van der Waals surface area contributed by atoms with Crippen LogP contribution in [-0.2, 0) is 22.7 Å². The Balaban J connectivity index is 1.43. The third-order valence-corrected chi connectivity index (χ3v) is 7.00. The molecule has 0 aliphatic carbocycles. The number of nitrogens with one attached hydrogen (secondary N) is 2. The summed E-state index contributed by atoms with van der Waals surface area (Å²) in [7, 11) is 0. The fraction of sp³-hybridized carbons (Fsp3) is 0.167. The number of nitrogens with zero attached hydrogens (tertiary/aromatic N) is 2. The van der Waals surface area contributed by atoms with E-state index in [-0.39, 0.29) is 18.4 Å². The number of carbonyl (C=O) groups is 2. The Kier molecular flexibility index (Phi) is 7.12. The summed E-state index contributed by atoms with van der Waals surface area (Å²) in [6.07, 6.45) is 0. The molecule has 2 aromatic carbocycles. The van der Waals surface area contributed by atoms with Crippen molar-refractivity contribution in [2.45, 2.75) is 26.9 Å². The van der Waals surface area contributed by atoms with Gasteiger partial charge in [-0.3, -0.25) is 9.59 Å². The SMILES string of the molecule is CC(=O)NCc1ccc(-c2csc(NC(=O)Cn3c(-c4ccc(C)cc4)csc3=S)n2)cc1. The molecular weight excluding hydrogens is 472 g/mol. The Bertz CT molecular complexity index is 1340. The molecule has 168 valence electrons. The van der Waals surface area contributed by atoms with Crippen molar-refractivity contribution in [3.8, 4) is 22.5 Å². The lowest BCUT2D eigenvalue weighted by Crippen LogP contribution is -2.19. The zero-order chi connectivity index (χ0) is 23.4. The monoisotopic (exact) mass is 494 g/mol. The van der Waals surface area contributed by atoms with E-state index in [2.05, 4.69) is 15.6 Å². The second kappa shape index (κ2) is 10.2. The van der Waals surface area contributed by atoms with Crippen molar-refractivity contribution in [1.82, 2.24) is 14.9 Å². The predicted molar refractivity (Wildman–Crippen MR) is 137 cm³/mol. The lowest BCUT2D eigenvalue weighted by molar-refractivity contribution is -0.119. The van der Waals surface area contributed by atoms with Crippen molar-refractivity contribution in [2.24, 2.45) is 0 Å². The van der Waals surface area contributed by atoms with E-state index in [1.807, 2.05) is 70.8 Å². The molecule has 0 fully saturated rings. The number of amides is 2. The third-order valence-electron chi connectivity index (χ3n) is 4.97. The summed E-state index contributed by atoms with van der Waals surface area (Å²) in [5, 5.41) is 10.1. The van der Waals surface area contributed by atoms with Crippen molar-refractivity contribution >= 4 is 51.8 Å². The summed E-state index contributed by atoms with van der Waals surface area (Å²) >= 11 is 8.28. The van der Waals surface area contributed by atoms with E-state index in [1.54, 1.807) is 0 Å².